The third kappa shape index (κ3) is 2.99. The highest BCUT2D eigenvalue weighted by molar-refractivity contribution is 5.94. The summed E-state index contributed by atoms with van der Waals surface area (Å²) >= 11 is 0. The fraction of sp³-hybridized carbons (Fsp3) is 0.500. The second-order valence-corrected chi connectivity index (χ2v) is 4.74. The first-order chi connectivity index (χ1) is 8.10. The standard InChI is InChI=1S/C14H19NO2/c1-4-10-7-11(14(16)15(2)3)9-13(8-10)17-12-5-6-12/h7-9,12H,4-6H2,1-3H3. The quantitative estimate of drug-likeness (QED) is 0.799. The summed E-state index contributed by atoms with van der Waals surface area (Å²) in [6.07, 6.45) is 3.54. The van der Waals surface area contributed by atoms with Crippen molar-refractivity contribution < 1.29 is 9.53 Å². The average molecular weight is 233 g/mol. The van der Waals surface area contributed by atoms with Crippen molar-refractivity contribution in [3.63, 3.8) is 0 Å². The van der Waals surface area contributed by atoms with Crippen molar-refractivity contribution in [3.05, 3.63) is 29.3 Å². The van der Waals surface area contributed by atoms with Gasteiger partial charge in [-0.05, 0) is 43.0 Å². The lowest BCUT2D eigenvalue weighted by Crippen LogP contribution is -2.21. The maximum atomic E-state index is 11.9. The van der Waals surface area contributed by atoms with E-state index in [0.29, 0.717) is 11.7 Å². The minimum Gasteiger partial charge on any atom is -0.490 e. The average Bonchev–Trinajstić information content (AvgIpc) is 3.11. The number of hydrogen-bond acceptors (Lipinski definition) is 2. The van der Waals surface area contributed by atoms with Gasteiger partial charge in [-0.25, -0.2) is 0 Å². The third-order valence-corrected chi connectivity index (χ3v) is 2.85. The Labute approximate surface area is 102 Å². The van der Waals surface area contributed by atoms with Crippen LogP contribution in [-0.2, 0) is 6.42 Å². The third-order valence-electron chi connectivity index (χ3n) is 2.85. The predicted molar refractivity (Wildman–Crippen MR) is 67.5 cm³/mol. The van der Waals surface area contributed by atoms with Crippen LogP contribution in [0.5, 0.6) is 5.75 Å². The van der Waals surface area contributed by atoms with Crippen LogP contribution in [0, 0.1) is 0 Å². The highest BCUT2D eigenvalue weighted by atomic mass is 16.5. The maximum absolute atomic E-state index is 11.9. The van der Waals surface area contributed by atoms with Gasteiger partial charge < -0.3 is 9.64 Å². The van der Waals surface area contributed by atoms with Crippen LogP contribution in [0.1, 0.15) is 35.7 Å². The van der Waals surface area contributed by atoms with Crippen molar-refractivity contribution in [2.24, 2.45) is 0 Å². The molecule has 0 spiro atoms. The molecule has 3 nitrogen and oxygen atoms in total. The summed E-state index contributed by atoms with van der Waals surface area (Å²) in [6.45, 7) is 2.08. The number of aryl methyl sites for hydroxylation is 1. The number of rotatable bonds is 4. The van der Waals surface area contributed by atoms with Crippen molar-refractivity contribution >= 4 is 5.91 Å². The van der Waals surface area contributed by atoms with Crippen LogP contribution in [0.15, 0.2) is 18.2 Å². The molecule has 1 aliphatic rings. The lowest BCUT2D eigenvalue weighted by molar-refractivity contribution is 0.0827. The van der Waals surface area contributed by atoms with Gasteiger partial charge in [-0.1, -0.05) is 6.92 Å². The van der Waals surface area contributed by atoms with Crippen LogP contribution >= 0.6 is 0 Å². The highest BCUT2D eigenvalue weighted by Crippen LogP contribution is 2.28. The van der Waals surface area contributed by atoms with Crippen LogP contribution in [-0.4, -0.2) is 31.0 Å². The van der Waals surface area contributed by atoms with Gasteiger partial charge in [0.25, 0.3) is 5.91 Å². The van der Waals surface area contributed by atoms with Crippen molar-refractivity contribution in [2.75, 3.05) is 14.1 Å². The van der Waals surface area contributed by atoms with Gasteiger partial charge in [0.2, 0.25) is 0 Å². The molecule has 0 N–H and O–H groups in total. The van der Waals surface area contributed by atoms with Crippen LogP contribution < -0.4 is 4.74 Å². The normalized spacial score (nSPS) is 14.5. The largest absolute Gasteiger partial charge is 0.490 e. The molecular formula is C14H19NO2. The Morgan fingerprint density at radius 3 is 2.59 bits per heavy atom. The summed E-state index contributed by atoms with van der Waals surface area (Å²) in [6, 6.07) is 5.83. The van der Waals surface area contributed by atoms with Gasteiger partial charge >= 0.3 is 0 Å². The molecule has 17 heavy (non-hydrogen) atoms. The van der Waals surface area contributed by atoms with E-state index in [2.05, 4.69) is 6.92 Å². The van der Waals surface area contributed by atoms with Gasteiger partial charge in [0.05, 0.1) is 6.10 Å². The second-order valence-electron chi connectivity index (χ2n) is 4.74. The molecule has 0 aromatic heterocycles. The van der Waals surface area contributed by atoms with E-state index in [1.807, 2.05) is 18.2 Å². The first kappa shape index (κ1) is 12.0. The van der Waals surface area contributed by atoms with Crippen molar-refractivity contribution in [1.29, 1.82) is 0 Å². The van der Waals surface area contributed by atoms with Crippen molar-refractivity contribution in [2.45, 2.75) is 32.3 Å². The number of hydrogen-bond donors (Lipinski definition) is 0. The zero-order chi connectivity index (χ0) is 12.4. The van der Waals surface area contributed by atoms with Gasteiger partial charge in [-0.3, -0.25) is 4.79 Å². The van der Waals surface area contributed by atoms with Crippen LogP contribution in [0.4, 0.5) is 0 Å². The number of carbonyl (C=O) groups is 1. The van der Waals surface area contributed by atoms with Gasteiger partial charge in [0.1, 0.15) is 5.75 Å². The van der Waals surface area contributed by atoms with Gasteiger partial charge in [-0.2, -0.15) is 0 Å². The van der Waals surface area contributed by atoms with Gasteiger partial charge in [0, 0.05) is 19.7 Å². The Hall–Kier alpha value is -1.51. The Kier molecular flexibility index (Phi) is 3.36. The first-order valence-electron chi connectivity index (χ1n) is 6.12. The van der Waals surface area contributed by atoms with E-state index in [9.17, 15) is 4.79 Å². The predicted octanol–water partition coefficient (Wildman–Crippen LogP) is 2.49. The molecule has 1 amide bonds. The molecule has 0 unspecified atom stereocenters. The van der Waals surface area contributed by atoms with Crippen LogP contribution in [0.3, 0.4) is 0 Å². The number of nitrogens with zero attached hydrogens (tertiary/aromatic N) is 1. The Morgan fingerprint density at radius 1 is 1.35 bits per heavy atom. The zero-order valence-electron chi connectivity index (χ0n) is 10.7. The molecule has 1 aromatic rings. The van der Waals surface area contributed by atoms with E-state index in [1.54, 1.807) is 19.0 Å². The number of carbonyl (C=O) groups excluding carboxylic acids is 1. The highest BCUT2D eigenvalue weighted by Gasteiger charge is 2.24. The van der Waals surface area contributed by atoms with Gasteiger partial charge in [0.15, 0.2) is 0 Å². The number of ether oxygens (including phenoxy) is 1. The van der Waals surface area contributed by atoms with E-state index in [0.717, 1.165) is 30.6 Å². The molecule has 3 heteroatoms. The smallest absolute Gasteiger partial charge is 0.253 e. The lowest BCUT2D eigenvalue weighted by atomic mass is 10.1. The molecule has 1 fully saturated rings. The molecule has 1 aliphatic carbocycles. The number of benzene rings is 1. The minimum absolute atomic E-state index is 0.0287. The van der Waals surface area contributed by atoms with E-state index in [4.69, 9.17) is 4.74 Å². The van der Waals surface area contributed by atoms with Gasteiger partial charge in [-0.15, -0.1) is 0 Å². The molecule has 0 radical (unpaired) electrons. The monoisotopic (exact) mass is 233 g/mol. The minimum atomic E-state index is 0.0287. The van der Waals surface area contributed by atoms with Crippen LogP contribution in [0.2, 0.25) is 0 Å². The fourth-order valence-corrected chi connectivity index (χ4v) is 1.69. The summed E-state index contributed by atoms with van der Waals surface area (Å²) < 4.78 is 5.77. The summed E-state index contributed by atoms with van der Waals surface area (Å²) in [4.78, 5) is 13.5. The van der Waals surface area contributed by atoms with Crippen LogP contribution in [0.25, 0.3) is 0 Å². The number of amides is 1. The summed E-state index contributed by atoms with van der Waals surface area (Å²) in [7, 11) is 3.53. The summed E-state index contributed by atoms with van der Waals surface area (Å²) in [5.74, 6) is 0.859. The first-order valence-corrected chi connectivity index (χ1v) is 6.12. The molecular weight excluding hydrogens is 214 g/mol. The Morgan fingerprint density at radius 2 is 2.06 bits per heavy atom. The second kappa shape index (κ2) is 4.78. The lowest BCUT2D eigenvalue weighted by Gasteiger charge is -2.13. The maximum Gasteiger partial charge on any atom is 0.253 e. The van der Waals surface area contributed by atoms with E-state index >= 15 is 0 Å². The fourth-order valence-electron chi connectivity index (χ4n) is 1.69. The molecule has 0 saturated heterocycles. The molecule has 1 aromatic carbocycles. The Balaban J connectivity index is 2.26. The molecule has 0 aliphatic heterocycles. The molecule has 1 saturated carbocycles. The molecule has 0 heterocycles. The van der Waals surface area contributed by atoms with E-state index in [-0.39, 0.29) is 5.91 Å². The van der Waals surface area contributed by atoms with Crippen molar-refractivity contribution in [1.82, 2.24) is 4.90 Å². The summed E-state index contributed by atoms with van der Waals surface area (Å²) in [5.41, 5.74) is 1.86. The SMILES string of the molecule is CCc1cc(OC2CC2)cc(C(=O)N(C)C)c1. The van der Waals surface area contributed by atoms with E-state index < -0.39 is 0 Å². The Bertz CT molecular complexity index is 422. The van der Waals surface area contributed by atoms with Crippen molar-refractivity contribution in [3.8, 4) is 5.75 Å². The molecule has 2 rings (SSSR count). The molecule has 0 bridgehead atoms. The summed E-state index contributed by atoms with van der Waals surface area (Å²) in [5, 5.41) is 0. The molecule has 0 atom stereocenters. The topological polar surface area (TPSA) is 29.5 Å². The molecule has 92 valence electrons. The van der Waals surface area contributed by atoms with E-state index in [1.165, 1.54) is 0 Å². The zero-order valence-corrected chi connectivity index (χ0v) is 10.7.